The van der Waals surface area contributed by atoms with Gasteiger partial charge >= 0.3 is 6.09 Å². The largest absolute Gasteiger partial charge is 0.416 e. The molecule has 1 aliphatic carbocycles. The van der Waals surface area contributed by atoms with Gasteiger partial charge in [-0.2, -0.15) is 0 Å². The fraction of sp³-hybridized carbons (Fsp3) is 0.526. The number of rotatable bonds is 4. The lowest BCUT2D eigenvalue weighted by molar-refractivity contribution is 0.133. The molecule has 0 radical (unpaired) electrons. The number of benzene rings is 1. The highest BCUT2D eigenvalue weighted by Crippen LogP contribution is 2.54. The van der Waals surface area contributed by atoms with Crippen molar-refractivity contribution in [3.8, 4) is 0 Å². The summed E-state index contributed by atoms with van der Waals surface area (Å²) in [5.74, 6) is 0.962. The number of nitrogens with zero attached hydrogens (tertiary/aromatic N) is 1. The Hall–Kier alpha value is -1.26. The zero-order valence-electron chi connectivity index (χ0n) is 14.2. The van der Waals surface area contributed by atoms with Crippen LogP contribution in [0.3, 0.4) is 0 Å². The van der Waals surface area contributed by atoms with Gasteiger partial charge in [0.2, 0.25) is 0 Å². The second kappa shape index (κ2) is 7.16. The standard InChI is InChI=1S/C19H22Cl2FNO2/c1-12(2)25-18(24)23-10-15-7-13(5-6-22)9-19(15,11-23)14-3-4-16(20)17(21)8-14/h3-4,8,13,15H,1,5-7,9-11H2,2H3/t13?,15-,19+/m1/s1. The minimum Gasteiger partial charge on any atom is -0.416 e. The monoisotopic (exact) mass is 385 g/mol. The van der Waals surface area contributed by atoms with Crippen molar-refractivity contribution in [3.63, 3.8) is 0 Å². The first-order chi connectivity index (χ1) is 11.9. The molecule has 0 N–H and O–H groups in total. The third-order valence-corrected chi connectivity index (χ3v) is 6.24. The molecule has 6 heteroatoms. The lowest BCUT2D eigenvalue weighted by Gasteiger charge is -2.30. The van der Waals surface area contributed by atoms with E-state index in [-0.39, 0.29) is 24.1 Å². The van der Waals surface area contributed by atoms with Crippen molar-refractivity contribution in [1.82, 2.24) is 4.90 Å². The van der Waals surface area contributed by atoms with Gasteiger partial charge < -0.3 is 9.64 Å². The molecule has 1 unspecified atom stereocenters. The molecule has 2 fully saturated rings. The number of amides is 1. The molecule has 1 saturated carbocycles. The van der Waals surface area contributed by atoms with Gasteiger partial charge in [0.15, 0.2) is 0 Å². The summed E-state index contributed by atoms with van der Waals surface area (Å²) in [6.45, 7) is 6.13. The number of allylic oxidation sites excluding steroid dienone is 1. The first kappa shape index (κ1) is 18.5. The number of alkyl halides is 1. The molecule has 3 atom stereocenters. The maximum Gasteiger partial charge on any atom is 0.414 e. The molecule has 3 rings (SSSR count). The molecule has 0 aromatic heterocycles. The molecule has 2 aliphatic rings. The van der Waals surface area contributed by atoms with Crippen molar-refractivity contribution in [2.45, 2.75) is 31.6 Å². The molecule has 3 nitrogen and oxygen atoms in total. The SMILES string of the molecule is C=C(C)OC(=O)N1C[C@H]2CC(CCF)C[C@@]2(c2ccc(Cl)c(Cl)c2)C1. The quantitative estimate of drug-likeness (QED) is 0.630. The zero-order chi connectivity index (χ0) is 18.2. The second-order valence-corrected chi connectivity index (χ2v) is 8.03. The number of ether oxygens (including phenoxy) is 1. The van der Waals surface area contributed by atoms with Crippen LogP contribution in [-0.4, -0.2) is 30.8 Å². The van der Waals surface area contributed by atoms with Crippen molar-refractivity contribution in [2.75, 3.05) is 19.8 Å². The second-order valence-electron chi connectivity index (χ2n) is 7.22. The van der Waals surface area contributed by atoms with E-state index in [0.717, 1.165) is 18.4 Å². The fourth-order valence-electron chi connectivity index (χ4n) is 4.48. The topological polar surface area (TPSA) is 29.5 Å². The van der Waals surface area contributed by atoms with Crippen molar-refractivity contribution in [3.05, 3.63) is 46.1 Å². The Bertz CT molecular complexity index is 696. The van der Waals surface area contributed by atoms with E-state index in [1.807, 2.05) is 12.1 Å². The van der Waals surface area contributed by atoms with Crippen LogP contribution in [0.25, 0.3) is 0 Å². The Morgan fingerprint density at radius 2 is 2.20 bits per heavy atom. The number of carbonyl (C=O) groups is 1. The molecule has 1 saturated heterocycles. The van der Waals surface area contributed by atoms with Gasteiger partial charge in [0.1, 0.15) is 0 Å². The summed E-state index contributed by atoms with van der Waals surface area (Å²) in [6, 6.07) is 5.66. The number of halogens is 3. The number of hydrogen-bond acceptors (Lipinski definition) is 2. The highest BCUT2D eigenvalue weighted by molar-refractivity contribution is 6.42. The normalized spacial score (nSPS) is 28.1. The van der Waals surface area contributed by atoms with Crippen LogP contribution >= 0.6 is 23.2 Å². The summed E-state index contributed by atoms with van der Waals surface area (Å²) in [5, 5.41) is 1.01. The predicted octanol–water partition coefficient (Wildman–Crippen LogP) is 5.60. The Morgan fingerprint density at radius 3 is 2.84 bits per heavy atom. The van der Waals surface area contributed by atoms with Gasteiger partial charge in [0.25, 0.3) is 0 Å². The average molecular weight is 386 g/mol. The van der Waals surface area contributed by atoms with Gasteiger partial charge in [-0.3, -0.25) is 4.39 Å². The van der Waals surface area contributed by atoms with Crippen LogP contribution < -0.4 is 0 Å². The first-order valence-electron chi connectivity index (χ1n) is 8.49. The van der Waals surface area contributed by atoms with Gasteiger partial charge in [-0.25, -0.2) is 4.79 Å². The van der Waals surface area contributed by atoms with Gasteiger partial charge in [-0.05, 0) is 55.7 Å². The molecular weight excluding hydrogens is 364 g/mol. The van der Waals surface area contributed by atoms with Crippen LogP contribution in [0.15, 0.2) is 30.5 Å². The van der Waals surface area contributed by atoms with E-state index in [2.05, 4.69) is 6.58 Å². The van der Waals surface area contributed by atoms with Gasteiger partial charge in [0.05, 0.1) is 22.5 Å². The van der Waals surface area contributed by atoms with E-state index in [1.165, 1.54) is 0 Å². The van der Waals surface area contributed by atoms with Crippen LogP contribution in [0.4, 0.5) is 9.18 Å². The third-order valence-electron chi connectivity index (χ3n) is 5.50. The summed E-state index contributed by atoms with van der Waals surface area (Å²) in [7, 11) is 0. The smallest absolute Gasteiger partial charge is 0.414 e. The Labute approximate surface area is 157 Å². The molecule has 1 aromatic rings. The maximum atomic E-state index is 12.9. The summed E-state index contributed by atoms with van der Waals surface area (Å²) < 4.78 is 18.1. The Balaban J connectivity index is 1.91. The molecular formula is C19H22Cl2FNO2. The van der Waals surface area contributed by atoms with Gasteiger partial charge in [-0.1, -0.05) is 35.8 Å². The summed E-state index contributed by atoms with van der Waals surface area (Å²) in [6.07, 6.45) is 1.94. The summed E-state index contributed by atoms with van der Waals surface area (Å²) in [4.78, 5) is 14.1. The molecule has 0 spiro atoms. The molecule has 1 aliphatic heterocycles. The predicted molar refractivity (Wildman–Crippen MR) is 97.8 cm³/mol. The van der Waals surface area contributed by atoms with E-state index in [9.17, 15) is 9.18 Å². The van der Waals surface area contributed by atoms with Crippen LogP contribution in [0, 0.1) is 11.8 Å². The molecule has 25 heavy (non-hydrogen) atoms. The van der Waals surface area contributed by atoms with Gasteiger partial charge in [-0.15, -0.1) is 0 Å². The third kappa shape index (κ3) is 3.52. The van der Waals surface area contributed by atoms with Gasteiger partial charge in [0, 0.05) is 18.5 Å². The van der Waals surface area contributed by atoms with E-state index in [1.54, 1.807) is 17.9 Å². The zero-order valence-corrected chi connectivity index (χ0v) is 15.7. The van der Waals surface area contributed by atoms with Crippen molar-refractivity contribution in [1.29, 1.82) is 0 Å². The molecule has 1 aromatic carbocycles. The lowest BCUT2D eigenvalue weighted by atomic mass is 9.74. The van der Waals surface area contributed by atoms with Crippen molar-refractivity contribution < 1.29 is 13.9 Å². The summed E-state index contributed by atoms with van der Waals surface area (Å²) in [5.41, 5.74) is 0.848. The van der Waals surface area contributed by atoms with Crippen LogP contribution in [-0.2, 0) is 10.2 Å². The number of carbonyl (C=O) groups excluding carboxylic acids is 1. The molecule has 136 valence electrons. The van der Waals surface area contributed by atoms with Crippen LogP contribution in [0.1, 0.15) is 31.7 Å². The summed E-state index contributed by atoms with van der Waals surface area (Å²) >= 11 is 12.3. The molecule has 1 amide bonds. The fourth-order valence-corrected chi connectivity index (χ4v) is 4.78. The maximum absolute atomic E-state index is 12.9. The number of likely N-dealkylation sites (tertiary alicyclic amines) is 1. The number of fused-ring (bicyclic) bond motifs is 1. The van der Waals surface area contributed by atoms with Crippen molar-refractivity contribution in [2.24, 2.45) is 11.8 Å². The first-order valence-corrected chi connectivity index (χ1v) is 9.25. The van der Waals surface area contributed by atoms with E-state index in [4.69, 9.17) is 27.9 Å². The van der Waals surface area contributed by atoms with E-state index < -0.39 is 0 Å². The van der Waals surface area contributed by atoms with E-state index >= 15 is 0 Å². The minimum atomic E-state index is -0.372. The highest BCUT2D eigenvalue weighted by Gasteiger charge is 2.54. The van der Waals surface area contributed by atoms with Crippen LogP contribution in [0.2, 0.25) is 10.0 Å². The van der Waals surface area contributed by atoms with E-state index in [0.29, 0.717) is 41.2 Å². The Morgan fingerprint density at radius 1 is 1.44 bits per heavy atom. The van der Waals surface area contributed by atoms with Crippen LogP contribution in [0.5, 0.6) is 0 Å². The average Bonchev–Trinajstić information content (AvgIpc) is 3.04. The Kier molecular flexibility index (Phi) is 5.31. The molecule has 1 heterocycles. The number of hydrogen-bond donors (Lipinski definition) is 0. The van der Waals surface area contributed by atoms with Crippen molar-refractivity contribution >= 4 is 29.3 Å². The minimum absolute atomic E-state index is 0.220. The highest BCUT2D eigenvalue weighted by atomic mass is 35.5. The molecule has 0 bridgehead atoms. The lowest BCUT2D eigenvalue weighted by Crippen LogP contribution is -2.35.